The van der Waals surface area contributed by atoms with Crippen LogP contribution in [0, 0.1) is 0 Å². The van der Waals surface area contributed by atoms with E-state index in [4.69, 9.17) is 19.3 Å². The van der Waals surface area contributed by atoms with Crippen LogP contribution in [0.2, 0.25) is 0 Å². The van der Waals surface area contributed by atoms with Gasteiger partial charge in [-0.1, -0.05) is 0 Å². The van der Waals surface area contributed by atoms with Gasteiger partial charge in [-0.25, -0.2) is 0 Å². The van der Waals surface area contributed by atoms with Gasteiger partial charge < -0.3 is 64.9 Å². The van der Waals surface area contributed by atoms with E-state index in [2.05, 4.69) is 4.74 Å². The third kappa shape index (κ3) is 5.70. The first-order chi connectivity index (χ1) is 18.3. The Morgan fingerprint density at radius 2 is 1.56 bits per heavy atom. The number of hydrogen-bond donors (Lipinski definition) is 9. The van der Waals surface area contributed by atoms with Gasteiger partial charge in [0, 0.05) is 12.1 Å². The standard InChI is InChI=1S/C24H24O15/c25-9-3-11(26)10-5-15(23(37-14(10)4-9)8-1-12(27)19(32)13(28)2-8)38-24-22(35)21(34)20(33)16(39-24)7-36-18(31)6-17(29)30/h1-5,16,20-28,32-35H,6-7H2,(H,29,30)/p+1. The third-order valence-corrected chi connectivity index (χ3v) is 5.98. The minimum absolute atomic E-state index is 0.0487. The molecule has 15 nitrogen and oxygen atoms in total. The fourth-order valence-corrected chi connectivity index (χ4v) is 4.04. The van der Waals surface area contributed by atoms with Crippen LogP contribution in [0.5, 0.6) is 34.5 Å². The number of carbonyl (C=O) groups excluding carboxylic acids is 1. The molecular weight excluding hydrogens is 528 g/mol. The molecule has 1 saturated heterocycles. The highest BCUT2D eigenvalue weighted by Crippen LogP contribution is 2.47. The second-order valence-electron chi connectivity index (χ2n) is 8.77. The van der Waals surface area contributed by atoms with Crippen molar-refractivity contribution < 1.29 is 74.5 Å². The summed E-state index contributed by atoms with van der Waals surface area (Å²) in [5, 5.41) is 89.8. The molecule has 15 heteroatoms. The summed E-state index contributed by atoms with van der Waals surface area (Å²) < 4.78 is 20.4. The summed E-state index contributed by atoms with van der Waals surface area (Å²) in [7, 11) is 0. The van der Waals surface area contributed by atoms with E-state index >= 15 is 0 Å². The van der Waals surface area contributed by atoms with Crippen LogP contribution in [0.15, 0.2) is 30.0 Å². The van der Waals surface area contributed by atoms with E-state index < -0.39 is 84.8 Å². The largest absolute Gasteiger partial charge is 0.571 e. The van der Waals surface area contributed by atoms with E-state index in [1.165, 1.54) is 12.1 Å². The molecule has 39 heavy (non-hydrogen) atoms. The maximum Gasteiger partial charge on any atom is 0.317 e. The summed E-state index contributed by atoms with van der Waals surface area (Å²) in [4.78, 5) is 22.3. The molecule has 2 aliphatic heterocycles. The number of phenols is 5. The molecule has 6 atom stereocenters. The molecule has 210 valence electrons. The average molecular weight is 553 g/mol. The molecule has 0 spiro atoms. The molecule has 0 radical (unpaired) electrons. The molecule has 1 fully saturated rings. The lowest BCUT2D eigenvalue weighted by molar-refractivity contribution is -0.296. The van der Waals surface area contributed by atoms with Crippen LogP contribution in [0.1, 0.15) is 23.7 Å². The third-order valence-electron chi connectivity index (χ3n) is 5.98. The number of esters is 1. The number of carbonyl (C=O) groups is 2. The molecule has 4 rings (SSSR count). The van der Waals surface area contributed by atoms with E-state index in [1.807, 2.05) is 0 Å². The fraction of sp³-hybridized carbons (Fsp3) is 0.333. The molecule has 0 aromatic heterocycles. The second kappa shape index (κ2) is 10.7. The maximum absolute atomic E-state index is 11.6. The van der Waals surface area contributed by atoms with Crippen LogP contribution in [0.3, 0.4) is 0 Å². The van der Waals surface area contributed by atoms with Crippen LogP contribution in [-0.4, -0.2) is 99.9 Å². The summed E-state index contributed by atoms with van der Waals surface area (Å²) in [6, 6.07) is 4.34. The van der Waals surface area contributed by atoms with Gasteiger partial charge in [0.05, 0.1) is 11.6 Å². The van der Waals surface area contributed by atoms with Gasteiger partial charge in [0.2, 0.25) is 6.29 Å². The molecule has 0 bridgehead atoms. The Labute approximate surface area is 218 Å². The number of benzene rings is 2. The van der Waals surface area contributed by atoms with Gasteiger partial charge >= 0.3 is 11.9 Å². The summed E-state index contributed by atoms with van der Waals surface area (Å²) in [5.41, 5.74) is 0.115. The first-order valence-corrected chi connectivity index (χ1v) is 11.3. The number of aliphatic carboxylic acids is 1. The number of aliphatic hydroxyl groups is 4. The van der Waals surface area contributed by atoms with E-state index in [-0.39, 0.29) is 28.4 Å². The van der Waals surface area contributed by atoms with E-state index in [0.29, 0.717) is 0 Å². The zero-order chi connectivity index (χ0) is 28.6. The highest BCUT2D eigenvalue weighted by molar-refractivity contribution is 5.90. The van der Waals surface area contributed by atoms with E-state index in [0.717, 1.165) is 18.2 Å². The fourth-order valence-electron chi connectivity index (χ4n) is 4.04. The zero-order valence-electron chi connectivity index (χ0n) is 19.8. The summed E-state index contributed by atoms with van der Waals surface area (Å²) in [6.07, 6.45) is -9.66. The van der Waals surface area contributed by atoms with Crippen molar-refractivity contribution in [2.24, 2.45) is 0 Å². The average Bonchev–Trinajstić information content (AvgIpc) is 2.86. The molecule has 0 aliphatic carbocycles. The smallest absolute Gasteiger partial charge is 0.317 e. The first kappa shape index (κ1) is 27.6. The Hall–Kier alpha value is -4.44. The van der Waals surface area contributed by atoms with Crippen molar-refractivity contribution in [3.8, 4) is 34.5 Å². The molecule has 2 heterocycles. The van der Waals surface area contributed by atoms with Crippen molar-refractivity contribution in [1.29, 1.82) is 0 Å². The van der Waals surface area contributed by atoms with Crippen molar-refractivity contribution in [2.45, 2.75) is 43.2 Å². The van der Waals surface area contributed by atoms with Gasteiger partial charge in [-0.15, -0.1) is 0 Å². The van der Waals surface area contributed by atoms with E-state index in [9.17, 15) is 50.4 Å². The van der Waals surface area contributed by atoms with Crippen molar-refractivity contribution in [3.63, 3.8) is 0 Å². The number of fused-ring (bicyclic) bond motifs is 1. The predicted octanol–water partition coefficient (Wildman–Crippen LogP) is -0.606. The van der Waals surface area contributed by atoms with Gasteiger partial charge in [0.1, 0.15) is 54.5 Å². The summed E-state index contributed by atoms with van der Waals surface area (Å²) in [6.45, 7) is -0.702. The Morgan fingerprint density at radius 1 is 0.897 bits per heavy atom. The molecule has 2 aromatic rings. The molecular formula is C24H25O15+. The SMILES string of the molecule is O=C(O)CC(=O)OCC1OC(OC2=Cc3c(O)cc(O)cc3[OH+]C2c2cc(O)c(O)c(O)c2)C(O)C(O)C1O. The van der Waals surface area contributed by atoms with Crippen LogP contribution < -0.4 is 0 Å². The molecule has 0 saturated carbocycles. The number of hydrogen-bond acceptors (Lipinski definition) is 13. The Kier molecular flexibility index (Phi) is 7.60. The minimum atomic E-state index is -1.87. The van der Waals surface area contributed by atoms with Gasteiger partial charge in [-0.3, -0.25) is 9.59 Å². The predicted molar refractivity (Wildman–Crippen MR) is 125 cm³/mol. The lowest BCUT2D eigenvalue weighted by Crippen LogP contribution is -2.59. The van der Waals surface area contributed by atoms with Crippen LogP contribution in [0.4, 0.5) is 0 Å². The quantitative estimate of drug-likeness (QED) is 0.0897. The first-order valence-electron chi connectivity index (χ1n) is 11.3. The molecule has 2 aliphatic rings. The van der Waals surface area contributed by atoms with Gasteiger partial charge in [0.25, 0.3) is 11.9 Å². The van der Waals surface area contributed by atoms with Crippen LogP contribution >= 0.6 is 0 Å². The number of phenolic OH excluding ortho intramolecular Hbond substituents is 5. The monoisotopic (exact) mass is 553 g/mol. The molecule has 2 aromatic carbocycles. The highest BCUT2D eigenvalue weighted by Gasteiger charge is 2.47. The normalized spacial score (nSPS) is 26.1. The van der Waals surface area contributed by atoms with Crippen molar-refractivity contribution >= 4 is 18.0 Å². The van der Waals surface area contributed by atoms with Gasteiger partial charge in [-0.05, 0) is 12.1 Å². The topological polar surface area (TPSA) is 257 Å². The van der Waals surface area contributed by atoms with Crippen molar-refractivity contribution in [3.05, 3.63) is 41.2 Å². The molecule has 0 amide bonds. The molecule has 6 unspecified atom stereocenters. The lowest BCUT2D eigenvalue weighted by atomic mass is 9.98. The number of carboxylic acid groups (broad SMARTS) is 1. The maximum atomic E-state index is 11.6. The van der Waals surface area contributed by atoms with Crippen molar-refractivity contribution in [2.75, 3.05) is 6.61 Å². The Morgan fingerprint density at radius 3 is 2.21 bits per heavy atom. The molecule has 10 N–H and O–H groups in total. The zero-order valence-corrected chi connectivity index (χ0v) is 19.8. The number of carboxylic acids is 1. The number of aromatic hydroxyl groups is 6. The highest BCUT2D eigenvalue weighted by atomic mass is 16.7. The van der Waals surface area contributed by atoms with Gasteiger partial charge in [0.15, 0.2) is 23.0 Å². The number of rotatable bonds is 7. The van der Waals surface area contributed by atoms with Crippen molar-refractivity contribution in [1.82, 2.24) is 0 Å². The number of aliphatic hydroxyl groups excluding tert-OH is 3. The minimum Gasteiger partial charge on any atom is -0.571 e. The van der Waals surface area contributed by atoms with E-state index in [1.54, 1.807) is 0 Å². The van der Waals surface area contributed by atoms with Gasteiger partial charge in [-0.2, -0.15) is 0 Å². The Bertz CT molecular complexity index is 1280. The Balaban J connectivity index is 1.66. The summed E-state index contributed by atoms with van der Waals surface area (Å²) >= 11 is 0. The number of ether oxygens (including phenoxy) is 4. The summed E-state index contributed by atoms with van der Waals surface area (Å²) in [5.74, 6) is -5.67. The second-order valence-corrected chi connectivity index (χ2v) is 8.77. The lowest BCUT2D eigenvalue weighted by Gasteiger charge is -2.40. The van der Waals surface area contributed by atoms with Crippen LogP contribution in [0.25, 0.3) is 6.08 Å². The van der Waals surface area contributed by atoms with Crippen LogP contribution in [-0.2, 0) is 23.8 Å².